The largest absolute Gasteiger partial charge is 0.488 e. The van der Waals surface area contributed by atoms with Crippen LogP contribution in [0, 0.1) is 0 Å². The first kappa shape index (κ1) is 10.9. The van der Waals surface area contributed by atoms with E-state index >= 15 is 0 Å². The Kier molecular flexibility index (Phi) is 3.38. The van der Waals surface area contributed by atoms with Gasteiger partial charge in [-0.1, -0.05) is 18.2 Å². The summed E-state index contributed by atoms with van der Waals surface area (Å²) in [6, 6.07) is 7.92. The number of nitrogens with two attached hydrogens (primary N) is 1. The van der Waals surface area contributed by atoms with Crippen LogP contribution in [0.25, 0.3) is 0 Å². The third-order valence-electron chi connectivity index (χ3n) is 2.34. The van der Waals surface area contributed by atoms with Crippen LogP contribution in [0.4, 0.5) is 0 Å². The summed E-state index contributed by atoms with van der Waals surface area (Å²) >= 11 is 0. The summed E-state index contributed by atoms with van der Waals surface area (Å²) in [6.45, 7) is 0.404. The summed E-state index contributed by atoms with van der Waals surface area (Å²) in [4.78, 5) is 15.3. The first-order valence-electron chi connectivity index (χ1n) is 5.13. The highest BCUT2D eigenvalue weighted by Gasteiger charge is 2.21. The molecule has 1 aromatic rings. The zero-order chi connectivity index (χ0) is 11.4. The maximum Gasteiger partial charge on any atom is 0.245 e. The second kappa shape index (κ2) is 4.96. The van der Waals surface area contributed by atoms with E-state index in [1.54, 1.807) is 0 Å². The number of rotatable bonds is 5. The molecule has 1 aliphatic heterocycles. The van der Waals surface area contributed by atoms with Gasteiger partial charge in [0.15, 0.2) is 0 Å². The van der Waals surface area contributed by atoms with Crippen LogP contribution < -0.4 is 16.0 Å². The van der Waals surface area contributed by atoms with Gasteiger partial charge in [-0.25, -0.2) is 0 Å². The van der Waals surface area contributed by atoms with E-state index in [0.717, 1.165) is 12.2 Å². The molecule has 1 aromatic carbocycles. The van der Waals surface area contributed by atoms with E-state index in [1.165, 1.54) is 5.56 Å². The van der Waals surface area contributed by atoms with Gasteiger partial charge in [0, 0.05) is 6.42 Å². The SMILES string of the molecule is NC(=O)CONCC1Cc2ccccc2O1. The molecule has 0 aromatic heterocycles. The molecule has 1 aliphatic rings. The van der Waals surface area contributed by atoms with Crippen molar-refractivity contribution < 1.29 is 14.4 Å². The standard InChI is InChI=1S/C11H14N2O3/c12-11(14)7-15-13-6-9-5-8-3-1-2-4-10(8)16-9/h1-4,9,13H,5-7H2,(H2,12,14). The average Bonchev–Trinajstić information content (AvgIpc) is 2.66. The van der Waals surface area contributed by atoms with Crippen LogP contribution in [-0.2, 0) is 16.1 Å². The molecular weight excluding hydrogens is 208 g/mol. The molecule has 0 saturated heterocycles. The fourth-order valence-electron chi connectivity index (χ4n) is 1.64. The van der Waals surface area contributed by atoms with Crippen LogP contribution in [0.2, 0.25) is 0 Å². The normalized spacial score (nSPS) is 17.9. The molecule has 5 heteroatoms. The topological polar surface area (TPSA) is 73.6 Å². The molecule has 0 spiro atoms. The van der Waals surface area contributed by atoms with E-state index in [-0.39, 0.29) is 12.7 Å². The Bertz CT molecular complexity index is 356. The molecule has 2 rings (SSSR count). The van der Waals surface area contributed by atoms with E-state index in [4.69, 9.17) is 15.3 Å². The van der Waals surface area contributed by atoms with Crippen LogP contribution in [-0.4, -0.2) is 25.2 Å². The van der Waals surface area contributed by atoms with Crippen LogP contribution in [0.15, 0.2) is 24.3 Å². The summed E-state index contributed by atoms with van der Waals surface area (Å²) < 4.78 is 5.66. The third kappa shape index (κ3) is 2.71. The van der Waals surface area contributed by atoms with Crippen molar-refractivity contribution in [1.29, 1.82) is 0 Å². The first-order valence-corrected chi connectivity index (χ1v) is 5.13. The maximum atomic E-state index is 10.4. The van der Waals surface area contributed by atoms with Crippen LogP contribution >= 0.6 is 0 Å². The molecule has 0 aliphatic carbocycles. The van der Waals surface area contributed by atoms with Crippen molar-refractivity contribution in [2.45, 2.75) is 12.5 Å². The van der Waals surface area contributed by atoms with Gasteiger partial charge in [-0.2, -0.15) is 5.48 Å². The van der Waals surface area contributed by atoms with Gasteiger partial charge in [-0.3, -0.25) is 9.63 Å². The second-order valence-electron chi connectivity index (χ2n) is 3.66. The minimum Gasteiger partial charge on any atom is -0.488 e. The number of benzene rings is 1. The first-order chi connectivity index (χ1) is 7.75. The minimum absolute atomic E-state index is 0.0466. The Hall–Kier alpha value is -1.59. The maximum absolute atomic E-state index is 10.4. The summed E-state index contributed by atoms with van der Waals surface area (Å²) in [5, 5.41) is 0. The molecular formula is C11H14N2O3. The molecule has 16 heavy (non-hydrogen) atoms. The van der Waals surface area contributed by atoms with Crippen LogP contribution in [0.1, 0.15) is 5.56 Å². The minimum atomic E-state index is -0.497. The zero-order valence-electron chi connectivity index (χ0n) is 8.81. The molecule has 0 fully saturated rings. The van der Waals surface area contributed by atoms with Gasteiger partial charge in [0.2, 0.25) is 5.91 Å². The van der Waals surface area contributed by atoms with Crippen molar-refractivity contribution in [3.8, 4) is 5.75 Å². The van der Waals surface area contributed by atoms with Gasteiger partial charge in [0.1, 0.15) is 18.5 Å². The van der Waals surface area contributed by atoms with Gasteiger partial charge in [0.25, 0.3) is 0 Å². The van der Waals surface area contributed by atoms with Gasteiger partial charge in [-0.15, -0.1) is 0 Å². The molecule has 0 bridgehead atoms. The number of hydrogen-bond acceptors (Lipinski definition) is 4. The molecule has 0 radical (unpaired) electrons. The lowest BCUT2D eigenvalue weighted by atomic mass is 10.1. The van der Waals surface area contributed by atoms with Crippen molar-refractivity contribution in [1.82, 2.24) is 5.48 Å². The quantitative estimate of drug-likeness (QED) is 0.543. The van der Waals surface area contributed by atoms with Gasteiger partial charge in [-0.05, 0) is 11.6 Å². The van der Waals surface area contributed by atoms with Crippen molar-refractivity contribution in [3.63, 3.8) is 0 Å². The lowest BCUT2D eigenvalue weighted by Gasteiger charge is -2.10. The Morgan fingerprint density at radius 2 is 2.38 bits per heavy atom. The molecule has 1 heterocycles. The zero-order valence-corrected chi connectivity index (χ0v) is 8.81. The number of nitrogens with one attached hydrogen (secondary N) is 1. The lowest BCUT2D eigenvalue weighted by molar-refractivity contribution is -0.125. The number of fused-ring (bicyclic) bond motifs is 1. The molecule has 1 unspecified atom stereocenters. The van der Waals surface area contributed by atoms with Crippen molar-refractivity contribution in [3.05, 3.63) is 29.8 Å². The highest BCUT2D eigenvalue weighted by atomic mass is 16.6. The number of carbonyl (C=O) groups is 1. The Labute approximate surface area is 93.5 Å². The summed E-state index contributed by atoms with van der Waals surface area (Å²) in [5.41, 5.74) is 8.79. The van der Waals surface area contributed by atoms with Crippen molar-refractivity contribution in [2.24, 2.45) is 5.73 Å². The van der Waals surface area contributed by atoms with E-state index < -0.39 is 5.91 Å². The number of hydrogen-bond donors (Lipinski definition) is 2. The third-order valence-corrected chi connectivity index (χ3v) is 2.34. The monoisotopic (exact) mass is 222 g/mol. The number of primary amides is 1. The number of amides is 1. The molecule has 0 saturated carbocycles. The smallest absolute Gasteiger partial charge is 0.245 e. The molecule has 1 atom stereocenters. The average molecular weight is 222 g/mol. The fourth-order valence-corrected chi connectivity index (χ4v) is 1.64. The van der Waals surface area contributed by atoms with Crippen molar-refractivity contribution >= 4 is 5.91 Å². The predicted molar refractivity (Wildman–Crippen MR) is 57.7 cm³/mol. The Morgan fingerprint density at radius 1 is 1.56 bits per heavy atom. The molecule has 3 N–H and O–H groups in total. The van der Waals surface area contributed by atoms with Gasteiger partial charge >= 0.3 is 0 Å². The van der Waals surface area contributed by atoms with E-state index in [2.05, 4.69) is 5.48 Å². The van der Waals surface area contributed by atoms with Crippen molar-refractivity contribution in [2.75, 3.05) is 13.2 Å². The van der Waals surface area contributed by atoms with E-state index in [0.29, 0.717) is 6.54 Å². The van der Waals surface area contributed by atoms with Crippen LogP contribution in [0.5, 0.6) is 5.75 Å². The predicted octanol–water partition coefficient (Wildman–Crippen LogP) is -0.00340. The fraction of sp³-hybridized carbons (Fsp3) is 0.364. The van der Waals surface area contributed by atoms with Gasteiger partial charge < -0.3 is 10.5 Å². The number of carbonyl (C=O) groups excluding carboxylic acids is 1. The summed E-state index contributed by atoms with van der Waals surface area (Å²) in [7, 11) is 0. The summed E-state index contributed by atoms with van der Waals surface area (Å²) in [6.07, 6.45) is 0.897. The summed E-state index contributed by atoms with van der Waals surface area (Å²) in [5.74, 6) is 0.423. The Balaban J connectivity index is 1.73. The van der Waals surface area contributed by atoms with E-state index in [9.17, 15) is 4.79 Å². The molecule has 1 amide bonds. The van der Waals surface area contributed by atoms with E-state index in [1.807, 2.05) is 24.3 Å². The number of ether oxygens (including phenoxy) is 1. The highest BCUT2D eigenvalue weighted by molar-refractivity contribution is 5.74. The highest BCUT2D eigenvalue weighted by Crippen LogP contribution is 2.27. The molecule has 5 nitrogen and oxygen atoms in total. The van der Waals surface area contributed by atoms with Crippen LogP contribution in [0.3, 0.4) is 0 Å². The van der Waals surface area contributed by atoms with Gasteiger partial charge in [0.05, 0.1) is 6.54 Å². The second-order valence-corrected chi connectivity index (χ2v) is 3.66. The lowest BCUT2D eigenvalue weighted by Crippen LogP contribution is -2.32. The number of para-hydroxylation sites is 1. The molecule has 86 valence electrons. The number of hydroxylamine groups is 1. The Morgan fingerprint density at radius 3 is 3.12 bits per heavy atom.